The summed E-state index contributed by atoms with van der Waals surface area (Å²) in [5, 5.41) is 16.0. The maximum Gasteiger partial charge on any atom is 0.274 e. The van der Waals surface area contributed by atoms with E-state index in [2.05, 4.69) is 31.7 Å². The number of carbonyl (C=O) groups excluding carboxylic acids is 1. The van der Waals surface area contributed by atoms with Crippen molar-refractivity contribution in [2.24, 2.45) is 0 Å². The van der Waals surface area contributed by atoms with Crippen molar-refractivity contribution in [3.8, 4) is 6.07 Å². The van der Waals surface area contributed by atoms with Gasteiger partial charge in [-0.2, -0.15) is 5.26 Å². The molecule has 29 heavy (non-hydrogen) atoms. The van der Waals surface area contributed by atoms with Crippen LogP contribution in [0.5, 0.6) is 0 Å². The second-order valence-electron chi connectivity index (χ2n) is 6.34. The van der Waals surface area contributed by atoms with Gasteiger partial charge in [0, 0.05) is 23.3 Å². The monoisotopic (exact) mass is 380 g/mol. The first kappa shape index (κ1) is 18.1. The summed E-state index contributed by atoms with van der Waals surface area (Å²) in [4.78, 5) is 25.7. The van der Waals surface area contributed by atoms with Crippen LogP contribution in [0.2, 0.25) is 0 Å². The van der Waals surface area contributed by atoms with Gasteiger partial charge in [-0.1, -0.05) is 24.3 Å². The number of benzene rings is 2. The number of carbonyl (C=O) groups is 1. The summed E-state index contributed by atoms with van der Waals surface area (Å²) in [6.07, 6.45) is 1.68. The molecule has 4 aromatic rings. The van der Waals surface area contributed by atoms with Crippen LogP contribution >= 0.6 is 0 Å². The molecule has 0 aliphatic carbocycles. The van der Waals surface area contributed by atoms with Crippen molar-refractivity contribution in [1.29, 1.82) is 5.26 Å². The van der Waals surface area contributed by atoms with E-state index in [0.29, 0.717) is 34.1 Å². The van der Waals surface area contributed by atoms with Crippen molar-refractivity contribution in [3.05, 3.63) is 83.9 Å². The first-order chi connectivity index (χ1) is 14.1. The average molecular weight is 380 g/mol. The lowest BCUT2D eigenvalue weighted by molar-refractivity contribution is 0.102. The molecule has 0 radical (unpaired) electrons. The number of fused-ring (bicyclic) bond motifs is 1. The third-order valence-electron chi connectivity index (χ3n) is 4.22. The molecule has 4 rings (SSSR count). The Morgan fingerprint density at radius 1 is 1.03 bits per heavy atom. The van der Waals surface area contributed by atoms with Gasteiger partial charge in [0.25, 0.3) is 5.91 Å². The number of nitriles is 1. The number of amides is 1. The quantitative estimate of drug-likeness (QED) is 0.550. The first-order valence-electron chi connectivity index (χ1n) is 8.90. The van der Waals surface area contributed by atoms with Crippen molar-refractivity contribution >= 4 is 34.0 Å². The van der Waals surface area contributed by atoms with E-state index in [4.69, 9.17) is 5.26 Å². The Balaban J connectivity index is 1.61. The van der Waals surface area contributed by atoms with Crippen LogP contribution in [0.15, 0.2) is 66.9 Å². The Labute approximate surface area is 167 Å². The summed E-state index contributed by atoms with van der Waals surface area (Å²) in [6, 6.07) is 20.1. The van der Waals surface area contributed by atoms with Crippen LogP contribution in [0.25, 0.3) is 10.9 Å². The lowest BCUT2D eigenvalue weighted by Gasteiger charge is -2.10. The van der Waals surface area contributed by atoms with Crippen molar-refractivity contribution in [2.45, 2.75) is 6.92 Å². The molecule has 1 amide bonds. The minimum absolute atomic E-state index is 0.226. The molecule has 2 heterocycles. The van der Waals surface area contributed by atoms with Crippen molar-refractivity contribution in [3.63, 3.8) is 0 Å². The standard InChI is InChI=1S/C22H16N6O/c1-14-25-19(12-20(26-14)27-17-8-2-5-15(11-17)13-23)22(29)28-18-9-3-6-16-7-4-10-24-21(16)18/h2-12H,1H3,(H,28,29)(H,25,26,27). The fourth-order valence-corrected chi connectivity index (χ4v) is 2.95. The largest absolute Gasteiger partial charge is 0.340 e. The Morgan fingerprint density at radius 2 is 1.86 bits per heavy atom. The zero-order chi connectivity index (χ0) is 20.2. The highest BCUT2D eigenvalue weighted by Crippen LogP contribution is 2.22. The molecule has 2 aromatic carbocycles. The number of hydrogen-bond donors (Lipinski definition) is 2. The second-order valence-corrected chi connectivity index (χ2v) is 6.34. The number of pyridine rings is 1. The molecule has 0 saturated carbocycles. The fourth-order valence-electron chi connectivity index (χ4n) is 2.95. The molecule has 0 aliphatic heterocycles. The number of anilines is 3. The average Bonchev–Trinajstić information content (AvgIpc) is 2.73. The minimum atomic E-state index is -0.359. The van der Waals surface area contributed by atoms with Gasteiger partial charge in [0.15, 0.2) is 0 Å². The van der Waals surface area contributed by atoms with Gasteiger partial charge in [-0.3, -0.25) is 9.78 Å². The third-order valence-corrected chi connectivity index (χ3v) is 4.22. The van der Waals surface area contributed by atoms with Gasteiger partial charge >= 0.3 is 0 Å². The highest BCUT2D eigenvalue weighted by Gasteiger charge is 2.13. The van der Waals surface area contributed by atoms with E-state index in [9.17, 15) is 4.79 Å². The van der Waals surface area contributed by atoms with Gasteiger partial charge in [-0.25, -0.2) is 9.97 Å². The molecule has 0 fully saturated rings. The van der Waals surface area contributed by atoms with Crippen molar-refractivity contribution in [2.75, 3.05) is 10.6 Å². The summed E-state index contributed by atoms with van der Waals surface area (Å²) in [5.41, 5.74) is 2.78. The maximum atomic E-state index is 12.8. The molecule has 0 unspecified atom stereocenters. The molecule has 0 aliphatic rings. The van der Waals surface area contributed by atoms with Crippen LogP contribution in [0.1, 0.15) is 21.9 Å². The molecule has 2 aromatic heterocycles. The van der Waals surface area contributed by atoms with Crippen LogP contribution in [-0.4, -0.2) is 20.9 Å². The van der Waals surface area contributed by atoms with Crippen LogP contribution in [-0.2, 0) is 0 Å². The molecule has 140 valence electrons. The van der Waals surface area contributed by atoms with Crippen molar-refractivity contribution < 1.29 is 4.79 Å². The molecule has 0 spiro atoms. The van der Waals surface area contributed by atoms with E-state index in [1.807, 2.05) is 30.3 Å². The number of nitrogens with one attached hydrogen (secondary N) is 2. The highest BCUT2D eigenvalue weighted by molar-refractivity contribution is 6.07. The summed E-state index contributed by atoms with van der Waals surface area (Å²) in [5.74, 6) is 0.559. The number of rotatable bonds is 4. The molecule has 0 saturated heterocycles. The van der Waals surface area contributed by atoms with Gasteiger partial charge in [0.05, 0.1) is 22.8 Å². The zero-order valence-electron chi connectivity index (χ0n) is 15.5. The SMILES string of the molecule is Cc1nc(Nc2cccc(C#N)c2)cc(C(=O)Nc2cccc3cccnc23)n1. The molecule has 2 N–H and O–H groups in total. The zero-order valence-corrected chi connectivity index (χ0v) is 15.5. The van der Waals surface area contributed by atoms with Gasteiger partial charge in [0.1, 0.15) is 17.3 Å². The van der Waals surface area contributed by atoms with E-state index in [-0.39, 0.29) is 11.6 Å². The Bertz CT molecular complexity index is 1260. The maximum absolute atomic E-state index is 12.8. The Morgan fingerprint density at radius 3 is 2.72 bits per heavy atom. The molecule has 0 atom stereocenters. The second kappa shape index (κ2) is 7.74. The van der Waals surface area contributed by atoms with E-state index < -0.39 is 0 Å². The summed E-state index contributed by atoms with van der Waals surface area (Å²) < 4.78 is 0. The van der Waals surface area contributed by atoms with E-state index in [0.717, 1.165) is 5.39 Å². The van der Waals surface area contributed by atoms with E-state index in [1.54, 1.807) is 43.5 Å². The Kier molecular flexibility index (Phi) is 4.82. The number of para-hydroxylation sites is 1. The van der Waals surface area contributed by atoms with E-state index >= 15 is 0 Å². The van der Waals surface area contributed by atoms with Crippen LogP contribution in [0, 0.1) is 18.3 Å². The van der Waals surface area contributed by atoms with Crippen molar-refractivity contribution in [1.82, 2.24) is 15.0 Å². The van der Waals surface area contributed by atoms with Gasteiger partial charge < -0.3 is 10.6 Å². The molecular weight excluding hydrogens is 364 g/mol. The third kappa shape index (κ3) is 4.01. The lowest BCUT2D eigenvalue weighted by atomic mass is 10.2. The molecular formula is C22H16N6O. The summed E-state index contributed by atoms with van der Waals surface area (Å²) in [6.45, 7) is 1.72. The van der Waals surface area contributed by atoms with Crippen LogP contribution in [0.4, 0.5) is 17.2 Å². The minimum Gasteiger partial charge on any atom is -0.340 e. The smallest absolute Gasteiger partial charge is 0.274 e. The topological polar surface area (TPSA) is 104 Å². The normalized spacial score (nSPS) is 10.3. The molecule has 7 nitrogen and oxygen atoms in total. The molecule has 0 bridgehead atoms. The van der Waals surface area contributed by atoms with E-state index in [1.165, 1.54) is 0 Å². The summed E-state index contributed by atoms with van der Waals surface area (Å²) in [7, 11) is 0. The number of aromatic nitrogens is 3. The number of aryl methyl sites for hydroxylation is 1. The predicted molar refractivity (Wildman–Crippen MR) is 111 cm³/mol. The predicted octanol–water partition coefficient (Wildman–Crippen LogP) is 4.20. The summed E-state index contributed by atoms with van der Waals surface area (Å²) >= 11 is 0. The lowest BCUT2D eigenvalue weighted by Crippen LogP contribution is -2.15. The van der Waals surface area contributed by atoms with Gasteiger partial charge in [-0.05, 0) is 37.3 Å². The van der Waals surface area contributed by atoms with Crippen LogP contribution in [0.3, 0.4) is 0 Å². The fraction of sp³-hybridized carbons (Fsp3) is 0.0455. The first-order valence-corrected chi connectivity index (χ1v) is 8.90. The molecule has 7 heteroatoms. The van der Waals surface area contributed by atoms with Crippen LogP contribution < -0.4 is 10.6 Å². The van der Waals surface area contributed by atoms with Gasteiger partial charge in [-0.15, -0.1) is 0 Å². The number of nitrogens with zero attached hydrogens (tertiary/aromatic N) is 4. The number of hydrogen-bond acceptors (Lipinski definition) is 6. The Hall–Kier alpha value is -4.31. The van der Waals surface area contributed by atoms with Gasteiger partial charge in [0.2, 0.25) is 0 Å². The highest BCUT2D eigenvalue weighted by atomic mass is 16.1.